The zero-order valence-corrected chi connectivity index (χ0v) is 23.1. The van der Waals surface area contributed by atoms with Gasteiger partial charge in [-0.05, 0) is 110 Å². The lowest BCUT2D eigenvalue weighted by Crippen LogP contribution is -2.33. The van der Waals surface area contributed by atoms with Crippen molar-refractivity contribution < 1.29 is 4.39 Å². The van der Waals surface area contributed by atoms with E-state index in [1.165, 1.54) is 56.9 Å². The van der Waals surface area contributed by atoms with Crippen LogP contribution in [0.4, 0.5) is 4.39 Å². The van der Waals surface area contributed by atoms with Crippen LogP contribution in [0.2, 0.25) is 0 Å². The molecule has 1 heteroatoms. The van der Waals surface area contributed by atoms with Gasteiger partial charge in [-0.1, -0.05) is 95.5 Å². The van der Waals surface area contributed by atoms with E-state index >= 15 is 0 Å². The van der Waals surface area contributed by atoms with Gasteiger partial charge < -0.3 is 0 Å². The van der Waals surface area contributed by atoms with Crippen LogP contribution in [0.3, 0.4) is 0 Å². The minimum atomic E-state index is -0.0737. The summed E-state index contributed by atoms with van der Waals surface area (Å²) in [5.74, 6) is 1.90. The molecular formula is C34H49F. The number of halogens is 1. The van der Waals surface area contributed by atoms with Crippen molar-refractivity contribution in [2.45, 2.75) is 111 Å². The largest absolute Gasteiger partial charge is 0.207 e. The van der Waals surface area contributed by atoms with E-state index in [4.69, 9.17) is 0 Å². The Morgan fingerprint density at radius 1 is 1.03 bits per heavy atom. The quantitative estimate of drug-likeness (QED) is 0.286. The highest BCUT2D eigenvalue weighted by molar-refractivity contribution is 5.63. The predicted octanol–water partition coefficient (Wildman–Crippen LogP) is 10.7. The zero-order chi connectivity index (χ0) is 25.4. The molecular weight excluding hydrogens is 427 g/mol. The predicted molar refractivity (Wildman–Crippen MR) is 151 cm³/mol. The summed E-state index contributed by atoms with van der Waals surface area (Å²) in [6.07, 6.45) is 13.4. The molecule has 2 aromatic carbocycles. The maximum atomic E-state index is 14.6. The average molecular weight is 477 g/mol. The van der Waals surface area contributed by atoms with Crippen LogP contribution in [0.1, 0.15) is 120 Å². The Bertz CT molecular complexity index is 938. The first-order chi connectivity index (χ1) is 16.7. The van der Waals surface area contributed by atoms with Crippen LogP contribution >= 0.6 is 0 Å². The second-order valence-corrected chi connectivity index (χ2v) is 12.0. The number of allylic oxidation sites excluding steroid dienone is 1. The van der Waals surface area contributed by atoms with Crippen molar-refractivity contribution in [1.82, 2.24) is 0 Å². The SMILES string of the molecule is C=C(CCCC1(CCC)CC(CCC)CC(c2ccc(C)cc2)C1)c1ccc(CC(C)C)c(F)c1. The number of aryl methyl sites for hydroxylation is 1. The van der Waals surface area contributed by atoms with Gasteiger partial charge in [0.15, 0.2) is 0 Å². The van der Waals surface area contributed by atoms with Crippen LogP contribution < -0.4 is 0 Å². The van der Waals surface area contributed by atoms with Crippen LogP contribution in [0.5, 0.6) is 0 Å². The fourth-order valence-electron chi connectivity index (χ4n) is 6.77. The molecule has 0 amide bonds. The number of rotatable bonds is 12. The topological polar surface area (TPSA) is 0 Å². The van der Waals surface area contributed by atoms with E-state index in [0.717, 1.165) is 41.9 Å². The molecule has 0 N–H and O–H groups in total. The highest BCUT2D eigenvalue weighted by Crippen LogP contribution is 2.53. The summed E-state index contributed by atoms with van der Waals surface area (Å²) in [4.78, 5) is 0. The van der Waals surface area contributed by atoms with Crippen molar-refractivity contribution in [3.63, 3.8) is 0 Å². The third kappa shape index (κ3) is 7.80. The molecule has 3 atom stereocenters. The first-order valence-corrected chi connectivity index (χ1v) is 14.3. The second-order valence-electron chi connectivity index (χ2n) is 12.0. The first kappa shape index (κ1) is 27.7. The Morgan fingerprint density at radius 3 is 2.40 bits per heavy atom. The van der Waals surface area contributed by atoms with E-state index < -0.39 is 0 Å². The molecule has 0 heterocycles. The van der Waals surface area contributed by atoms with Gasteiger partial charge in [0.1, 0.15) is 5.82 Å². The summed E-state index contributed by atoms with van der Waals surface area (Å²) in [5, 5.41) is 0. The maximum Gasteiger partial charge on any atom is 0.127 e. The van der Waals surface area contributed by atoms with Gasteiger partial charge >= 0.3 is 0 Å². The summed E-state index contributed by atoms with van der Waals surface area (Å²) in [5.41, 5.74) is 6.20. The van der Waals surface area contributed by atoms with Crippen LogP contribution in [-0.4, -0.2) is 0 Å². The lowest BCUT2D eigenvalue weighted by atomic mass is 9.59. The summed E-state index contributed by atoms with van der Waals surface area (Å²) < 4.78 is 14.6. The molecule has 3 rings (SSSR count). The van der Waals surface area contributed by atoms with Crippen LogP contribution in [0, 0.1) is 30.0 Å². The highest BCUT2D eigenvalue weighted by Gasteiger charge is 2.39. The minimum Gasteiger partial charge on any atom is -0.207 e. The molecule has 1 aliphatic carbocycles. The van der Waals surface area contributed by atoms with Crippen molar-refractivity contribution in [2.75, 3.05) is 0 Å². The fraction of sp³-hybridized carbons (Fsp3) is 0.588. The van der Waals surface area contributed by atoms with Crippen molar-refractivity contribution in [3.05, 3.63) is 77.1 Å². The number of hydrogen-bond acceptors (Lipinski definition) is 0. The van der Waals surface area contributed by atoms with E-state index in [-0.39, 0.29) is 5.82 Å². The van der Waals surface area contributed by atoms with E-state index in [0.29, 0.717) is 17.3 Å². The van der Waals surface area contributed by atoms with E-state index in [9.17, 15) is 4.39 Å². The molecule has 1 fully saturated rings. The smallest absolute Gasteiger partial charge is 0.127 e. The molecule has 0 aromatic heterocycles. The molecule has 35 heavy (non-hydrogen) atoms. The van der Waals surface area contributed by atoms with Crippen molar-refractivity contribution >= 4 is 5.57 Å². The Morgan fingerprint density at radius 2 is 1.77 bits per heavy atom. The van der Waals surface area contributed by atoms with E-state index in [2.05, 4.69) is 71.5 Å². The van der Waals surface area contributed by atoms with Gasteiger partial charge in [-0.15, -0.1) is 0 Å². The molecule has 0 nitrogen and oxygen atoms in total. The molecule has 1 aliphatic rings. The molecule has 0 radical (unpaired) electrons. The molecule has 0 saturated heterocycles. The summed E-state index contributed by atoms with van der Waals surface area (Å²) in [6.45, 7) is 15.5. The van der Waals surface area contributed by atoms with Gasteiger partial charge in [0.25, 0.3) is 0 Å². The Labute approximate surface area is 215 Å². The van der Waals surface area contributed by atoms with E-state index in [1.54, 1.807) is 11.6 Å². The van der Waals surface area contributed by atoms with Gasteiger partial charge in [-0.25, -0.2) is 4.39 Å². The van der Waals surface area contributed by atoms with E-state index in [1.807, 2.05) is 6.07 Å². The first-order valence-electron chi connectivity index (χ1n) is 14.3. The third-order valence-electron chi connectivity index (χ3n) is 8.32. The molecule has 0 bridgehead atoms. The number of benzene rings is 2. The van der Waals surface area contributed by atoms with Crippen LogP contribution in [0.25, 0.3) is 5.57 Å². The van der Waals surface area contributed by atoms with Crippen LogP contribution in [0.15, 0.2) is 49.0 Å². The molecule has 0 aliphatic heterocycles. The van der Waals surface area contributed by atoms with Gasteiger partial charge in [-0.2, -0.15) is 0 Å². The minimum absolute atomic E-state index is 0.0737. The van der Waals surface area contributed by atoms with Crippen molar-refractivity contribution in [2.24, 2.45) is 17.3 Å². The Hall–Kier alpha value is -1.89. The van der Waals surface area contributed by atoms with Gasteiger partial charge in [0, 0.05) is 0 Å². The Balaban J connectivity index is 1.69. The van der Waals surface area contributed by atoms with Gasteiger partial charge in [0.05, 0.1) is 0 Å². The monoisotopic (exact) mass is 476 g/mol. The normalized spacial score (nSPS) is 22.5. The molecule has 1 saturated carbocycles. The molecule has 0 spiro atoms. The van der Waals surface area contributed by atoms with Gasteiger partial charge in [0.2, 0.25) is 0 Å². The molecule has 192 valence electrons. The third-order valence-corrected chi connectivity index (χ3v) is 8.32. The number of hydrogen-bond donors (Lipinski definition) is 0. The van der Waals surface area contributed by atoms with Gasteiger partial charge in [-0.3, -0.25) is 0 Å². The van der Waals surface area contributed by atoms with Crippen molar-refractivity contribution in [1.29, 1.82) is 0 Å². The average Bonchev–Trinajstić information content (AvgIpc) is 2.80. The van der Waals surface area contributed by atoms with Crippen molar-refractivity contribution in [3.8, 4) is 0 Å². The lowest BCUT2D eigenvalue weighted by molar-refractivity contribution is 0.0894. The summed E-state index contributed by atoms with van der Waals surface area (Å²) >= 11 is 0. The summed E-state index contributed by atoms with van der Waals surface area (Å²) in [6, 6.07) is 15.1. The second kappa shape index (κ2) is 12.9. The summed E-state index contributed by atoms with van der Waals surface area (Å²) in [7, 11) is 0. The standard InChI is InChI=1S/C34H49F/c1-7-10-28-21-32(29-14-12-26(5)13-15-29)24-34(23-28,18-8-2)19-9-11-27(6)30-16-17-31(20-25(3)4)33(35)22-30/h12-17,22,25,28,32H,6-11,18-21,23-24H2,1-5H3. The molecule has 3 unspecified atom stereocenters. The van der Waals surface area contributed by atoms with Crippen LogP contribution in [-0.2, 0) is 6.42 Å². The lowest BCUT2D eigenvalue weighted by Gasteiger charge is -2.45. The Kier molecular flexibility index (Phi) is 10.2. The highest BCUT2D eigenvalue weighted by atomic mass is 19.1. The maximum absolute atomic E-state index is 14.6. The zero-order valence-electron chi connectivity index (χ0n) is 23.1. The molecule has 2 aromatic rings. The fourth-order valence-corrected chi connectivity index (χ4v) is 6.77.